The van der Waals surface area contributed by atoms with Gasteiger partial charge in [-0.3, -0.25) is 4.79 Å². The van der Waals surface area contributed by atoms with Crippen LogP contribution in [-0.2, 0) is 10.2 Å². The second-order valence-electron chi connectivity index (χ2n) is 5.84. The summed E-state index contributed by atoms with van der Waals surface area (Å²) >= 11 is 0. The monoisotopic (exact) mass is 325 g/mol. The molecule has 1 aliphatic heterocycles. The van der Waals surface area contributed by atoms with Crippen molar-refractivity contribution < 1.29 is 13.2 Å². The Morgan fingerprint density at radius 2 is 1.82 bits per heavy atom. The van der Waals surface area contributed by atoms with Gasteiger partial charge in [-0.2, -0.15) is 17.4 Å². The van der Waals surface area contributed by atoms with Gasteiger partial charge in [0, 0.05) is 37.8 Å². The van der Waals surface area contributed by atoms with Crippen LogP contribution in [-0.4, -0.2) is 55.8 Å². The van der Waals surface area contributed by atoms with Crippen molar-refractivity contribution in [2.45, 2.75) is 26.8 Å². The number of benzene rings is 1. The molecule has 0 bridgehead atoms. The molecule has 0 aliphatic carbocycles. The Kier molecular flexibility index (Phi) is 5.20. The molecule has 1 aromatic carbocycles. The first kappa shape index (κ1) is 16.9. The second-order valence-corrected chi connectivity index (χ2v) is 7.54. The molecule has 2 rings (SSSR count). The van der Waals surface area contributed by atoms with Crippen molar-refractivity contribution in [3.63, 3.8) is 0 Å². The summed E-state index contributed by atoms with van der Waals surface area (Å²) < 4.78 is 28.2. The first-order valence-electron chi connectivity index (χ1n) is 7.43. The normalized spacial score (nSPS) is 17.0. The Bertz CT molecular complexity index is 635. The summed E-state index contributed by atoms with van der Waals surface area (Å²) in [5.41, 5.74) is 1.69. The maximum atomic E-state index is 12.4. The Morgan fingerprint density at radius 3 is 2.36 bits per heavy atom. The minimum absolute atomic E-state index is 0.0439. The third-order valence-electron chi connectivity index (χ3n) is 3.52. The van der Waals surface area contributed by atoms with Gasteiger partial charge in [-0.25, -0.2) is 0 Å². The SMILES string of the molecule is Cc1cccc(C(=O)N2CCN(S(=O)(=O)NC(C)C)CC2)c1. The predicted molar refractivity (Wildman–Crippen MR) is 85.8 cm³/mol. The first-order chi connectivity index (χ1) is 10.3. The van der Waals surface area contributed by atoms with Gasteiger partial charge in [0.2, 0.25) is 0 Å². The highest BCUT2D eigenvalue weighted by atomic mass is 32.2. The zero-order chi connectivity index (χ0) is 16.3. The molecule has 6 nitrogen and oxygen atoms in total. The maximum absolute atomic E-state index is 12.4. The Hall–Kier alpha value is -1.44. The van der Waals surface area contributed by atoms with E-state index in [9.17, 15) is 13.2 Å². The minimum atomic E-state index is -3.46. The second kappa shape index (κ2) is 6.76. The molecule has 0 spiro atoms. The number of hydrogen-bond donors (Lipinski definition) is 1. The molecule has 0 unspecified atom stereocenters. The largest absolute Gasteiger partial charge is 0.336 e. The molecule has 0 aromatic heterocycles. The molecule has 1 aromatic rings. The summed E-state index contributed by atoms with van der Waals surface area (Å²) in [7, 11) is -3.46. The molecule has 7 heteroatoms. The number of amides is 1. The number of carbonyl (C=O) groups is 1. The lowest BCUT2D eigenvalue weighted by molar-refractivity contribution is 0.0697. The molecular formula is C15H23N3O3S. The number of nitrogens with one attached hydrogen (secondary N) is 1. The van der Waals surface area contributed by atoms with E-state index in [4.69, 9.17) is 0 Å². The summed E-state index contributed by atoms with van der Waals surface area (Å²) in [6.45, 7) is 6.97. The predicted octanol–water partition coefficient (Wildman–Crippen LogP) is 0.996. The van der Waals surface area contributed by atoms with Gasteiger partial charge >= 0.3 is 0 Å². The summed E-state index contributed by atoms with van der Waals surface area (Å²) in [4.78, 5) is 14.1. The number of carbonyl (C=O) groups excluding carboxylic acids is 1. The molecular weight excluding hydrogens is 302 g/mol. The van der Waals surface area contributed by atoms with Gasteiger partial charge in [-0.1, -0.05) is 17.7 Å². The molecule has 1 amide bonds. The van der Waals surface area contributed by atoms with Gasteiger partial charge in [0.1, 0.15) is 0 Å². The summed E-state index contributed by atoms with van der Waals surface area (Å²) in [6.07, 6.45) is 0. The van der Waals surface area contributed by atoms with E-state index in [1.807, 2.05) is 25.1 Å². The van der Waals surface area contributed by atoms with Crippen molar-refractivity contribution in [1.29, 1.82) is 0 Å². The van der Waals surface area contributed by atoms with E-state index < -0.39 is 10.2 Å². The third-order valence-corrected chi connectivity index (χ3v) is 5.33. The highest BCUT2D eigenvalue weighted by Crippen LogP contribution is 2.12. The minimum Gasteiger partial charge on any atom is -0.336 e. The van der Waals surface area contributed by atoms with Crippen molar-refractivity contribution in [3.05, 3.63) is 35.4 Å². The van der Waals surface area contributed by atoms with Gasteiger partial charge in [-0.15, -0.1) is 0 Å². The Labute approximate surface area is 132 Å². The van der Waals surface area contributed by atoms with Crippen LogP contribution in [0.2, 0.25) is 0 Å². The molecule has 0 atom stereocenters. The van der Waals surface area contributed by atoms with Gasteiger partial charge in [0.05, 0.1) is 0 Å². The first-order valence-corrected chi connectivity index (χ1v) is 8.87. The van der Waals surface area contributed by atoms with Crippen molar-refractivity contribution in [1.82, 2.24) is 13.9 Å². The number of aryl methyl sites for hydroxylation is 1. The molecule has 122 valence electrons. The lowest BCUT2D eigenvalue weighted by Crippen LogP contribution is -2.54. The Balaban J connectivity index is 1.99. The Morgan fingerprint density at radius 1 is 1.18 bits per heavy atom. The molecule has 22 heavy (non-hydrogen) atoms. The van der Waals surface area contributed by atoms with E-state index in [1.165, 1.54) is 4.31 Å². The van der Waals surface area contributed by atoms with E-state index >= 15 is 0 Å². The highest BCUT2D eigenvalue weighted by Gasteiger charge is 2.29. The van der Waals surface area contributed by atoms with Crippen LogP contribution in [0.4, 0.5) is 0 Å². The van der Waals surface area contributed by atoms with Crippen LogP contribution in [0, 0.1) is 6.92 Å². The lowest BCUT2D eigenvalue weighted by atomic mass is 10.1. The highest BCUT2D eigenvalue weighted by molar-refractivity contribution is 7.87. The van der Waals surface area contributed by atoms with E-state index in [1.54, 1.807) is 24.8 Å². The topological polar surface area (TPSA) is 69.7 Å². The van der Waals surface area contributed by atoms with Crippen LogP contribution in [0.5, 0.6) is 0 Å². The third kappa shape index (κ3) is 4.06. The average molecular weight is 325 g/mol. The fourth-order valence-electron chi connectivity index (χ4n) is 2.46. The standard InChI is InChI=1S/C15H23N3O3S/c1-12(2)16-22(20,21)18-9-7-17(8-10-18)15(19)14-6-4-5-13(3)11-14/h4-6,11-12,16H,7-10H2,1-3H3. The van der Waals surface area contributed by atoms with Crippen molar-refractivity contribution in [2.24, 2.45) is 0 Å². The molecule has 1 saturated heterocycles. The van der Waals surface area contributed by atoms with E-state index in [-0.39, 0.29) is 11.9 Å². The number of hydrogen-bond acceptors (Lipinski definition) is 3. The molecule has 0 radical (unpaired) electrons. The van der Waals surface area contributed by atoms with Crippen molar-refractivity contribution in [3.8, 4) is 0 Å². The number of rotatable bonds is 4. The van der Waals surface area contributed by atoms with Crippen LogP contribution < -0.4 is 4.72 Å². The average Bonchev–Trinajstić information content (AvgIpc) is 2.45. The van der Waals surface area contributed by atoms with Crippen LogP contribution >= 0.6 is 0 Å². The molecule has 1 N–H and O–H groups in total. The van der Waals surface area contributed by atoms with Gasteiger partial charge in [0.15, 0.2) is 0 Å². The molecule has 1 heterocycles. The maximum Gasteiger partial charge on any atom is 0.279 e. The van der Waals surface area contributed by atoms with Crippen LogP contribution in [0.15, 0.2) is 24.3 Å². The van der Waals surface area contributed by atoms with Gasteiger partial charge in [0.25, 0.3) is 16.1 Å². The molecule has 1 aliphatic rings. The zero-order valence-electron chi connectivity index (χ0n) is 13.2. The smallest absolute Gasteiger partial charge is 0.279 e. The van der Waals surface area contributed by atoms with Crippen LogP contribution in [0.1, 0.15) is 29.8 Å². The van der Waals surface area contributed by atoms with Crippen LogP contribution in [0.3, 0.4) is 0 Å². The summed E-state index contributed by atoms with van der Waals surface area (Å²) in [5.74, 6) is -0.0439. The summed E-state index contributed by atoms with van der Waals surface area (Å²) in [6, 6.07) is 7.30. The molecule has 1 fully saturated rings. The number of piperazine rings is 1. The fourth-order valence-corrected chi connectivity index (χ4v) is 3.85. The van der Waals surface area contributed by atoms with E-state index in [0.717, 1.165) is 5.56 Å². The van der Waals surface area contributed by atoms with Crippen molar-refractivity contribution in [2.75, 3.05) is 26.2 Å². The lowest BCUT2D eigenvalue weighted by Gasteiger charge is -2.34. The fraction of sp³-hybridized carbons (Fsp3) is 0.533. The van der Waals surface area contributed by atoms with Crippen LogP contribution in [0.25, 0.3) is 0 Å². The summed E-state index contributed by atoms with van der Waals surface area (Å²) in [5, 5.41) is 0. The van der Waals surface area contributed by atoms with Gasteiger partial charge in [-0.05, 0) is 32.9 Å². The molecule has 0 saturated carbocycles. The van der Waals surface area contributed by atoms with E-state index in [0.29, 0.717) is 31.7 Å². The zero-order valence-corrected chi connectivity index (χ0v) is 14.1. The van der Waals surface area contributed by atoms with Gasteiger partial charge < -0.3 is 4.90 Å². The quantitative estimate of drug-likeness (QED) is 0.898. The van der Waals surface area contributed by atoms with Crippen molar-refractivity contribution >= 4 is 16.1 Å². The van der Waals surface area contributed by atoms with E-state index in [2.05, 4.69) is 4.72 Å². The number of nitrogens with zero attached hydrogens (tertiary/aromatic N) is 2.